The maximum Gasteiger partial charge on any atom is 0.344 e. The number of halogens is 1. The normalized spacial score (nSPS) is 14.5. The van der Waals surface area contributed by atoms with E-state index >= 15 is 0 Å². The SMILES string of the molecule is CCOC(=O)COc1c(/C=C2/C(=O)NN(c3ccccc3)C2=O)cc(Br)cc1[N+](=O)[O-]. The number of benzene rings is 2. The Morgan fingerprint density at radius 1 is 1.26 bits per heavy atom. The number of para-hydroxylation sites is 1. The van der Waals surface area contributed by atoms with Crippen LogP contribution in [0.5, 0.6) is 5.75 Å². The van der Waals surface area contributed by atoms with Crippen molar-refractivity contribution in [3.05, 3.63) is 68.2 Å². The zero-order valence-corrected chi connectivity index (χ0v) is 17.7. The van der Waals surface area contributed by atoms with Gasteiger partial charge >= 0.3 is 11.7 Å². The van der Waals surface area contributed by atoms with Gasteiger partial charge < -0.3 is 9.47 Å². The van der Waals surface area contributed by atoms with E-state index < -0.39 is 35.0 Å². The molecule has 0 aromatic heterocycles. The quantitative estimate of drug-likeness (QED) is 0.208. The van der Waals surface area contributed by atoms with E-state index in [0.29, 0.717) is 10.2 Å². The second-order valence-corrected chi connectivity index (χ2v) is 7.08. The van der Waals surface area contributed by atoms with E-state index in [1.54, 1.807) is 37.3 Å². The Balaban J connectivity index is 2.02. The van der Waals surface area contributed by atoms with Gasteiger partial charge in [0.05, 0.1) is 17.2 Å². The van der Waals surface area contributed by atoms with Crippen molar-refractivity contribution in [2.75, 3.05) is 18.2 Å². The van der Waals surface area contributed by atoms with Crippen molar-refractivity contribution in [1.82, 2.24) is 5.43 Å². The van der Waals surface area contributed by atoms with Crippen molar-refractivity contribution in [3.63, 3.8) is 0 Å². The third-order valence-corrected chi connectivity index (χ3v) is 4.56. The number of anilines is 1. The van der Waals surface area contributed by atoms with Crippen LogP contribution in [-0.2, 0) is 19.1 Å². The molecule has 2 aromatic rings. The number of rotatable bonds is 7. The van der Waals surface area contributed by atoms with Gasteiger partial charge in [-0.25, -0.2) is 9.80 Å². The van der Waals surface area contributed by atoms with E-state index in [1.165, 1.54) is 18.2 Å². The molecule has 31 heavy (non-hydrogen) atoms. The third-order valence-electron chi connectivity index (χ3n) is 4.10. The van der Waals surface area contributed by atoms with Gasteiger partial charge in [0, 0.05) is 16.1 Å². The van der Waals surface area contributed by atoms with E-state index in [2.05, 4.69) is 21.4 Å². The summed E-state index contributed by atoms with van der Waals surface area (Å²) in [7, 11) is 0. The Labute approximate surface area is 184 Å². The van der Waals surface area contributed by atoms with Gasteiger partial charge in [-0.2, -0.15) is 0 Å². The van der Waals surface area contributed by atoms with Crippen LogP contribution in [0.3, 0.4) is 0 Å². The first-order valence-corrected chi connectivity index (χ1v) is 9.79. The molecule has 160 valence electrons. The highest BCUT2D eigenvalue weighted by Crippen LogP contribution is 2.36. The van der Waals surface area contributed by atoms with Gasteiger partial charge in [0.1, 0.15) is 5.57 Å². The zero-order chi connectivity index (χ0) is 22.5. The molecule has 1 saturated heterocycles. The van der Waals surface area contributed by atoms with Crippen LogP contribution in [0.25, 0.3) is 6.08 Å². The monoisotopic (exact) mass is 489 g/mol. The second kappa shape index (κ2) is 9.39. The van der Waals surface area contributed by atoms with Gasteiger partial charge in [-0.1, -0.05) is 34.1 Å². The first-order valence-electron chi connectivity index (χ1n) is 9.00. The standard InChI is InChI=1S/C20H16BrN3O7/c1-2-30-17(25)11-31-18-12(8-13(21)10-16(18)24(28)29)9-15-19(26)22-23(20(15)27)14-6-4-3-5-7-14/h3-10H,2,11H2,1H3,(H,22,26)/b15-9-. The summed E-state index contributed by atoms with van der Waals surface area (Å²) < 4.78 is 10.4. The lowest BCUT2D eigenvalue weighted by molar-refractivity contribution is -0.385. The second-order valence-electron chi connectivity index (χ2n) is 6.17. The number of carbonyl (C=O) groups excluding carboxylic acids is 3. The Bertz CT molecular complexity index is 1090. The number of nitrogens with one attached hydrogen (secondary N) is 1. The minimum Gasteiger partial charge on any atom is -0.474 e. The first kappa shape index (κ1) is 22.0. The summed E-state index contributed by atoms with van der Waals surface area (Å²) in [6.45, 7) is 1.15. The summed E-state index contributed by atoms with van der Waals surface area (Å²) in [5.74, 6) is -2.32. The number of nitrogens with zero attached hydrogens (tertiary/aromatic N) is 2. The van der Waals surface area contributed by atoms with Crippen molar-refractivity contribution in [2.24, 2.45) is 0 Å². The predicted octanol–water partition coefficient (Wildman–Crippen LogP) is 2.76. The Morgan fingerprint density at radius 2 is 1.97 bits per heavy atom. The van der Waals surface area contributed by atoms with Crippen LogP contribution in [0.4, 0.5) is 11.4 Å². The van der Waals surface area contributed by atoms with Crippen LogP contribution < -0.4 is 15.2 Å². The Hall–Kier alpha value is -3.73. The van der Waals surface area contributed by atoms with E-state index in [0.717, 1.165) is 5.01 Å². The van der Waals surface area contributed by atoms with Crippen molar-refractivity contribution < 1.29 is 28.8 Å². The summed E-state index contributed by atoms with van der Waals surface area (Å²) in [6, 6.07) is 11.1. The van der Waals surface area contributed by atoms with Crippen molar-refractivity contribution in [2.45, 2.75) is 6.92 Å². The number of nitro benzene ring substituents is 1. The first-order chi connectivity index (χ1) is 14.8. The summed E-state index contributed by atoms with van der Waals surface area (Å²) in [5.41, 5.74) is 2.26. The molecule has 0 unspecified atom stereocenters. The smallest absolute Gasteiger partial charge is 0.344 e. The van der Waals surface area contributed by atoms with Crippen LogP contribution in [0.15, 0.2) is 52.5 Å². The maximum atomic E-state index is 12.8. The van der Waals surface area contributed by atoms with E-state index in [9.17, 15) is 24.5 Å². The molecule has 3 rings (SSSR count). The van der Waals surface area contributed by atoms with E-state index in [1.807, 2.05) is 0 Å². The van der Waals surface area contributed by atoms with Gasteiger partial charge in [-0.15, -0.1) is 0 Å². The summed E-state index contributed by atoms with van der Waals surface area (Å²) >= 11 is 3.17. The van der Waals surface area contributed by atoms with Crippen LogP contribution in [0.1, 0.15) is 12.5 Å². The molecule has 2 aromatic carbocycles. The van der Waals surface area contributed by atoms with Crippen LogP contribution in [-0.4, -0.2) is 35.9 Å². The lowest BCUT2D eigenvalue weighted by Gasteiger charge is -2.14. The number of amides is 2. The molecule has 0 bridgehead atoms. The number of ether oxygens (including phenoxy) is 2. The fourth-order valence-corrected chi connectivity index (χ4v) is 3.27. The molecule has 0 saturated carbocycles. The Kier molecular flexibility index (Phi) is 6.65. The zero-order valence-electron chi connectivity index (χ0n) is 16.2. The van der Waals surface area contributed by atoms with Gasteiger partial charge in [0.15, 0.2) is 6.61 Å². The fraction of sp³-hybridized carbons (Fsp3) is 0.150. The molecule has 1 aliphatic heterocycles. The summed E-state index contributed by atoms with van der Waals surface area (Å²) in [6.07, 6.45) is 1.18. The number of hydrogen-bond acceptors (Lipinski definition) is 7. The highest BCUT2D eigenvalue weighted by molar-refractivity contribution is 9.10. The molecule has 1 N–H and O–H groups in total. The number of nitro groups is 1. The molecule has 11 heteroatoms. The van der Waals surface area contributed by atoms with Gasteiger partial charge in [-0.3, -0.25) is 25.1 Å². The molecule has 2 amide bonds. The number of hydrazine groups is 1. The van der Waals surface area contributed by atoms with E-state index in [4.69, 9.17) is 9.47 Å². The van der Waals surface area contributed by atoms with Gasteiger partial charge in [-0.05, 0) is 31.2 Å². The summed E-state index contributed by atoms with van der Waals surface area (Å²) in [5, 5.41) is 12.6. The highest BCUT2D eigenvalue weighted by atomic mass is 79.9. The average Bonchev–Trinajstić information content (AvgIpc) is 3.01. The minimum atomic E-state index is -0.719. The molecule has 1 heterocycles. The van der Waals surface area contributed by atoms with Crippen molar-refractivity contribution >= 4 is 51.2 Å². The van der Waals surface area contributed by atoms with Crippen molar-refractivity contribution in [1.29, 1.82) is 0 Å². The topological polar surface area (TPSA) is 128 Å². The van der Waals surface area contributed by atoms with Crippen LogP contribution >= 0.6 is 15.9 Å². The lowest BCUT2D eigenvalue weighted by Crippen LogP contribution is -2.35. The average molecular weight is 490 g/mol. The van der Waals surface area contributed by atoms with Crippen LogP contribution in [0, 0.1) is 10.1 Å². The van der Waals surface area contributed by atoms with Gasteiger partial charge in [0.25, 0.3) is 11.8 Å². The molecule has 1 aliphatic rings. The van der Waals surface area contributed by atoms with Crippen molar-refractivity contribution in [3.8, 4) is 5.75 Å². The minimum absolute atomic E-state index is 0.0683. The van der Waals surface area contributed by atoms with Crippen LogP contribution in [0.2, 0.25) is 0 Å². The molecule has 0 spiro atoms. The molecule has 0 radical (unpaired) electrons. The number of hydrogen-bond donors (Lipinski definition) is 1. The Morgan fingerprint density at radius 3 is 2.61 bits per heavy atom. The summed E-state index contributed by atoms with van der Waals surface area (Å²) in [4.78, 5) is 47.7. The molecule has 0 atom stereocenters. The lowest BCUT2D eigenvalue weighted by atomic mass is 10.1. The molecular formula is C20H16BrN3O7. The predicted molar refractivity (Wildman–Crippen MR) is 113 cm³/mol. The largest absolute Gasteiger partial charge is 0.474 e. The molecular weight excluding hydrogens is 474 g/mol. The van der Waals surface area contributed by atoms with Gasteiger partial charge in [0.2, 0.25) is 5.75 Å². The highest BCUT2D eigenvalue weighted by Gasteiger charge is 2.35. The number of carbonyl (C=O) groups is 3. The fourth-order valence-electron chi connectivity index (χ4n) is 2.81. The molecule has 1 fully saturated rings. The molecule has 10 nitrogen and oxygen atoms in total. The maximum absolute atomic E-state index is 12.8. The number of esters is 1. The molecule has 0 aliphatic carbocycles. The third kappa shape index (κ3) is 4.89. The van der Waals surface area contributed by atoms with E-state index in [-0.39, 0.29) is 23.5 Å².